The second-order valence-electron chi connectivity index (χ2n) is 8.43. The van der Waals surface area contributed by atoms with Gasteiger partial charge in [0, 0.05) is 12.1 Å². The molecule has 0 spiro atoms. The summed E-state index contributed by atoms with van der Waals surface area (Å²) in [7, 11) is 1.47. The lowest BCUT2D eigenvalue weighted by Gasteiger charge is -2.26. The molecule has 4 rings (SSSR count). The number of benzene rings is 3. The number of imide groups is 2. The van der Waals surface area contributed by atoms with Gasteiger partial charge in [0.2, 0.25) is 0 Å². The van der Waals surface area contributed by atoms with E-state index in [2.05, 4.69) is 11.4 Å². The molecule has 1 saturated heterocycles. The number of barbiturate groups is 1. The molecule has 3 aromatic carbocycles. The van der Waals surface area contributed by atoms with Gasteiger partial charge in [0.25, 0.3) is 17.5 Å². The Labute approximate surface area is 212 Å². The third-order valence-electron chi connectivity index (χ3n) is 5.57. The lowest BCUT2D eigenvalue weighted by molar-refractivity contribution is -0.384. The number of nitrogens with one attached hydrogen (secondary N) is 1. The second-order valence-corrected chi connectivity index (χ2v) is 8.43. The minimum Gasteiger partial charge on any atom is -0.493 e. The number of urea groups is 1. The number of carbonyl (C=O) groups excluding carboxylic acids is 3. The standard InChI is InChI=1S/C27H23N3O7/c1-16-9-17(2)11-19(10-16)15-37-23-8-7-18(13-24(23)36-3)12-22-25(31)28-27(33)29(26(22)32)20-5-4-6-21(14-20)30(34)35/h4-14H,15H2,1-3H3,(H,28,31,33)/b22-12+. The molecule has 1 aliphatic rings. The first-order valence-corrected chi connectivity index (χ1v) is 11.2. The van der Waals surface area contributed by atoms with E-state index in [1.54, 1.807) is 18.2 Å². The fourth-order valence-corrected chi connectivity index (χ4v) is 4.01. The van der Waals surface area contributed by atoms with Crippen LogP contribution in [0.1, 0.15) is 22.3 Å². The maximum absolute atomic E-state index is 13.1. The second kappa shape index (κ2) is 10.3. The summed E-state index contributed by atoms with van der Waals surface area (Å²) >= 11 is 0. The van der Waals surface area contributed by atoms with E-state index in [1.807, 2.05) is 26.0 Å². The quantitative estimate of drug-likeness (QED) is 0.219. The van der Waals surface area contributed by atoms with Gasteiger partial charge >= 0.3 is 6.03 Å². The zero-order valence-corrected chi connectivity index (χ0v) is 20.3. The Balaban J connectivity index is 1.60. The summed E-state index contributed by atoms with van der Waals surface area (Å²) in [6.45, 7) is 4.34. The van der Waals surface area contributed by atoms with Gasteiger partial charge in [0.1, 0.15) is 12.2 Å². The molecule has 0 aromatic heterocycles. The van der Waals surface area contributed by atoms with Crippen molar-refractivity contribution in [2.75, 3.05) is 12.0 Å². The average Bonchev–Trinajstić information content (AvgIpc) is 2.85. The Morgan fingerprint density at radius 1 is 0.973 bits per heavy atom. The summed E-state index contributed by atoms with van der Waals surface area (Å²) in [6.07, 6.45) is 1.31. The van der Waals surface area contributed by atoms with Crippen LogP contribution < -0.4 is 19.7 Å². The number of rotatable bonds is 7. The van der Waals surface area contributed by atoms with Gasteiger partial charge in [-0.3, -0.25) is 25.0 Å². The molecule has 1 heterocycles. The smallest absolute Gasteiger partial charge is 0.335 e. The van der Waals surface area contributed by atoms with Crippen LogP contribution >= 0.6 is 0 Å². The first kappa shape index (κ1) is 25.1. The van der Waals surface area contributed by atoms with Crippen LogP contribution in [0.3, 0.4) is 0 Å². The fraction of sp³-hybridized carbons (Fsp3) is 0.148. The van der Waals surface area contributed by atoms with Crippen LogP contribution in [-0.4, -0.2) is 29.9 Å². The molecular formula is C27H23N3O7. The number of non-ortho nitro benzene ring substituents is 1. The number of hydrogen-bond donors (Lipinski definition) is 1. The highest BCUT2D eigenvalue weighted by Gasteiger charge is 2.37. The van der Waals surface area contributed by atoms with Gasteiger partial charge in [-0.05, 0) is 49.2 Å². The number of aryl methyl sites for hydroxylation is 2. The molecule has 1 fully saturated rings. The predicted octanol–water partition coefficient (Wildman–Crippen LogP) is 4.47. The maximum atomic E-state index is 13.1. The maximum Gasteiger partial charge on any atom is 0.335 e. The Hall–Kier alpha value is -4.99. The molecular weight excluding hydrogens is 478 g/mol. The monoisotopic (exact) mass is 501 g/mol. The van der Waals surface area contributed by atoms with Gasteiger partial charge in [0.05, 0.1) is 17.7 Å². The van der Waals surface area contributed by atoms with Crippen molar-refractivity contribution in [2.45, 2.75) is 20.5 Å². The van der Waals surface area contributed by atoms with E-state index < -0.39 is 22.8 Å². The van der Waals surface area contributed by atoms with Crippen LogP contribution in [0, 0.1) is 24.0 Å². The van der Waals surface area contributed by atoms with Gasteiger partial charge in [-0.25, -0.2) is 9.69 Å². The number of methoxy groups -OCH3 is 1. The number of nitro benzene ring substituents is 1. The van der Waals surface area contributed by atoms with Crippen molar-refractivity contribution in [1.82, 2.24) is 5.32 Å². The van der Waals surface area contributed by atoms with Crippen molar-refractivity contribution in [3.8, 4) is 11.5 Å². The van der Waals surface area contributed by atoms with Crippen molar-refractivity contribution >= 4 is 35.3 Å². The molecule has 0 aliphatic carbocycles. The lowest BCUT2D eigenvalue weighted by atomic mass is 10.1. The predicted molar refractivity (Wildman–Crippen MR) is 135 cm³/mol. The van der Waals surface area contributed by atoms with Crippen LogP contribution in [-0.2, 0) is 16.2 Å². The summed E-state index contributed by atoms with van der Waals surface area (Å²) in [5, 5.41) is 13.2. The topological polar surface area (TPSA) is 128 Å². The molecule has 4 amide bonds. The Morgan fingerprint density at radius 2 is 1.70 bits per heavy atom. The SMILES string of the molecule is COc1cc(/C=C2\C(=O)NC(=O)N(c3cccc([N+](=O)[O-])c3)C2=O)ccc1OCc1cc(C)cc(C)c1. The summed E-state index contributed by atoms with van der Waals surface area (Å²) in [4.78, 5) is 49.2. The molecule has 3 aromatic rings. The zero-order chi connectivity index (χ0) is 26.7. The number of nitro groups is 1. The summed E-state index contributed by atoms with van der Waals surface area (Å²) in [5.41, 5.74) is 3.03. The fourth-order valence-electron chi connectivity index (χ4n) is 4.01. The number of hydrogen-bond acceptors (Lipinski definition) is 7. The van der Waals surface area contributed by atoms with Gasteiger partial charge in [-0.1, -0.05) is 41.5 Å². The number of carbonyl (C=O) groups is 3. The molecule has 10 nitrogen and oxygen atoms in total. The van der Waals surface area contributed by atoms with Crippen LogP contribution in [0.4, 0.5) is 16.2 Å². The van der Waals surface area contributed by atoms with Crippen molar-refractivity contribution in [3.05, 3.63) is 98.6 Å². The number of nitrogens with zero attached hydrogens (tertiary/aromatic N) is 2. The highest BCUT2D eigenvalue weighted by molar-refractivity contribution is 6.39. The summed E-state index contributed by atoms with van der Waals surface area (Å²) in [5.74, 6) is -0.945. The van der Waals surface area contributed by atoms with E-state index in [-0.39, 0.29) is 16.9 Å². The molecule has 10 heteroatoms. The van der Waals surface area contributed by atoms with E-state index in [0.717, 1.165) is 22.8 Å². The molecule has 1 aliphatic heterocycles. The van der Waals surface area contributed by atoms with Crippen molar-refractivity contribution < 1.29 is 28.8 Å². The van der Waals surface area contributed by atoms with Crippen molar-refractivity contribution in [2.24, 2.45) is 0 Å². The Bertz CT molecular complexity index is 1440. The molecule has 0 bridgehead atoms. The minimum atomic E-state index is -1.000. The largest absolute Gasteiger partial charge is 0.493 e. The van der Waals surface area contributed by atoms with E-state index in [0.29, 0.717) is 28.6 Å². The van der Waals surface area contributed by atoms with E-state index in [1.165, 1.54) is 31.4 Å². The first-order valence-electron chi connectivity index (χ1n) is 11.2. The third kappa shape index (κ3) is 5.48. The lowest BCUT2D eigenvalue weighted by Crippen LogP contribution is -2.54. The zero-order valence-electron chi connectivity index (χ0n) is 20.3. The molecule has 37 heavy (non-hydrogen) atoms. The van der Waals surface area contributed by atoms with E-state index in [9.17, 15) is 24.5 Å². The van der Waals surface area contributed by atoms with Crippen LogP contribution in [0.5, 0.6) is 11.5 Å². The first-order chi connectivity index (χ1) is 17.7. The van der Waals surface area contributed by atoms with Gasteiger partial charge in [0.15, 0.2) is 11.5 Å². The highest BCUT2D eigenvalue weighted by atomic mass is 16.6. The summed E-state index contributed by atoms with van der Waals surface area (Å²) < 4.78 is 11.4. The number of amides is 4. The molecule has 0 atom stereocenters. The van der Waals surface area contributed by atoms with Crippen LogP contribution in [0.2, 0.25) is 0 Å². The molecule has 0 unspecified atom stereocenters. The minimum absolute atomic E-state index is 0.0391. The molecule has 0 saturated carbocycles. The van der Waals surface area contributed by atoms with Crippen LogP contribution in [0.15, 0.2) is 66.2 Å². The van der Waals surface area contributed by atoms with Crippen molar-refractivity contribution in [3.63, 3.8) is 0 Å². The van der Waals surface area contributed by atoms with Gasteiger partial charge < -0.3 is 9.47 Å². The summed E-state index contributed by atoms with van der Waals surface area (Å²) in [6, 6.07) is 15.0. The average molecular weight is 501 g/mol. The van der Waals surface area contributed by atoms with Crippen molar-refractivity contribution in [1.29, 1.82) is 0 Å². The molecule has 0 radical (unpaired) electrons. The third-order valence-corrected chi connectivity index (χ3v) is 5.57. The number of anilines is 1. The van der Waals surface area contributed by atoms with E-state index >= 15 is 0 Å². The molecule has 1 N–H and O–H groups in total. The normalized spacial score (nSPS) is 14.5. The van der Waals surface area contributed by atoms with Gasteiger partial charge in [-0.15, -0.1) is 0 Å². The van der Waals surface area contributed by atoms with E-state index in [4.69, 9.17) is 9.47 Å². The molecule has 188 valence electrons. The number of ether oxygens (including phenoxy) is 2. The highest BCUT2D eigenvalue weighted by Crippen LogP contribution is 2.31. The van der Waals surface area contributed by atoms with Gasteiger partial charge in [-0.2, -0.15) is 0 Å². The Kier molecular flexibility index (Phi) is 7.01. The Morgan fingerprint density at radius 3 is 2.38 bits per heavy atom. The van der Waals surface area contributed by atoms with Crippen LogP contribution in [0.25, 0.3) is 6.08 Å².